The van der Waals surface area contributed by atoms with Crippen LogP contribution < -0.4 is 10.0 Å². The second-order valence-corrected chi connectivity index (χ2v) is 9.61. The number of nitrogens with one attached hydrogen (secondary N) is 2. The summed E-state index contributed by atoms with van der Waals surface area (Å²) < 4.78 is 33.0. The molecule has 0 unspecified atom stereocenters. The van der Waals surface area contributed by atoms with E-state index < -0.39 is 16.7 Å². The van der Waals surface area contributed by atoms with Crippen LogP contribution in [0, 0.1) is 0 Å². The van der Waals surface area contributed by atoms with Crippen LogP contribution >= 0.6 is 22.1 Å². The summed E-state index contributed by atoms with van der Waals surface area (Å²) in [5.74, 6) is -0.541. The van der Waals surface area contributed by atoms with Gasteiger partial charge >= 0.3 is 0 Å². The van der Waals surface area contributed by atoms with Crippen LogP contribution in [0.25, 0.3) is 0 Å². The highest BCUT2D eigenvalue weighted by atomic mass is 32.3. The summed E-state index contributed by atoms with van der Waals surface area (Å²) in [6, 6.07) is 5.89. The second-order valence-electron chi connectivity index (χ2n) is 6.64. The van der Waals surface area contributed by atoms with Gasteiger partial charge in [-0.25, -0.2) is 9.71 Å². The van der Waals surface area contributed by atoms with Gasteiger partial charge in [0, 0.05) is 25.3 Å². The zero-order valence-electron chi connectivity index (χ0n) is 17.2. The first-order valence-electron chi connectivity index (χ1n) is 9.56. The lowest BCUT2D eigenvalue weighted by molar-refractivity contribution is -0.110. The van der Waals surface area contributed by atoms with Gasteiger partial charge in [0.05, 0.1) is 36.1 Å². The number of anilines is 1. The van der Waals surface area contributed by atoms with Gasteiger partial charge in [-0.15, -0.1) is 10.8 Å². The number of nitrogens with zero attached hydrogens (tertiary/aromatic N) is 2. The molecule has 174 valence electrons. The molecule has 0 bridgehead atoms. The van der Waals surface area contributed by atoms with E-state index in [4.69, 9.17) is 14.3 Å². The number of hydrogen-bond acceptors (Lipinski definition) is 11. The highest BCUT2D eigenvalue weighted by molar-refractivity contribution is 8.22. The number of carbonyl (C=O) groups is 2. The molecule has 32 heavy (non-hydrogen) atoms. The van der Waals surface area contributed by atoms with Gasteiger partial charge in [-0.1, -0.05) is 28.6 Å². The minimum atomic E-state index is -3.35. The third-order valence-corrected chi connectivity index (χ3v) is 6.67. The number of oxime groups is 1. The number of aromatic nitrogens is 1. The predicted molar refractivity (Wildman–Crippen MR) is 120 cm³/mol. The number of amides is 1. The molecule has 2 heterocycles. The second kappa shape index (κ2) is 11.5. The van der Waals surface area contributed by atoms with E-state index in [2.05, 4.69) is 20.2 Å². The first kappa shape index (κ1) is 24.3. The van der Waals surface area contributed by atoms with E-state index in [0.717, 1.165) is 4.88 Å². The summed E-state index contributed by atoms with van der Waals surface area (Å²) in [4.78, 5) is 34.1. The van der Waals surface area contributed by atoms with E-state index in [9.17, 15) is 18.7 Å². The van der Waals surface area contributed by atoms with Gasteiger partial charge in [-0.2, -0.15) is 0 Å². The van der Waals surface area contributed by atoms with Crippen LogP contribution in [0.15, 0.2) is 40.5 Å². The summed E-state index contributed by atoms with van der Waals surface area (Å²) >= 11 is 1.27. The topological polar surface area (TPSA) is 152 Å². The van der Waals surface area contributed by atoms with Crippen molar-refractivity contribution in [3.8, 4) is 0 Å². The molecule has 1 aliphatic heterocycles. The standard InChI is InChI=1S/C19H24N4O7S2/c1-28-12-15-10-20-19(31-15)22-18(25)17(23-30-14-6-9-29-11-14)13-2-4-16(5-3-13)32(26,27)21-7-8-24/h2-5,8,10,14,21,26-27H,6-7,9,11-12H2,1H3,(H,20,22,25)/t14-/m1/s1. The minimum absolute atomic E-state index is 0.00993. The molecule has 13 heteroatoms. The van der Waals surface area contributed by atoms with E-state index in [1.165, 1.54) is 35.6 Å². The van der Waals surface area contributed by atoms with Gasteiger partial charge in [0.15, 0.2) is 16.9 Å². The molecular formula is C19H24N4O7S2. The molecule has 1 aromatic carbocycles. The van der Waals surface area contributed by atoms with Crippen molar-refractivity contribution in [1.29, 1.82) is 0 Å². The minimum Gasteiger partial charge on any atom is -0.389 e. The lowest BCUT2D eigenvalue weighted by Gasteiger charge is -2.32. The quantitative estimate of drug-likeness (QED) is 0.214. The fourth-order valence-corrected chi connectivity index (χ4v) is 4.48. The maximum absolute atomic E-state index is 12.9. The summed E-state index contributed by atoms with van der Waals surface area (Å²) in [6.07, 6.45) is 2.54. The van der Waals surface area contributed by atoms with Crippen molar-refractivity contribution in [2.24, 2.45) is 5.16 Å². The molecule has 1 atom stereocenters. The molecule has 0 saturated carbocycles. The molecular weight excluding hydrogens is 460 g/mol. The average Bonchev–Trinajstić information content (AvgIpc) is 3.45. The van der Waals surface area contributed by atoms with Crippen LogP contribution in [0.1, 0.15) is 16.9 Å². The number of rotatable bonds is 11. The smallest absolute Gasteiger partial charge is 0.280 e. The van der Waals surface area contributed by atoms with Crippen LogP contribution in [0.5, 0.6) is 0 Å². The van der Waals surface area contributed by atoms with Crippen molar-refractivity contribution >= 4 is 45.1 Å². The lowest BCUT2D eigenvalue weighted by Crippen LogP contribution is -2.25. The summed E-state index contributed by atoms with van der Waals surface area (Å²) in [5, 5.41) is 7.12. The zero-order valence-corrected chi connectivity index (χ0v) is 18.9. The molecule has 1 amide bonds. The lowest BCUT2D eigenvalue weighted by atomic mass is 10.1. The highest BCUT2D eigenvalue weighted by Gasteiger charge is 2.22. The molecule has 2 aromatic rings. The molecule has 0 aliphatic carbocycles. The molecule has 1 saturated heterocycles. The van der Waals surface area contributed by atoms with E-state index in [1.807, 2.05) is 0 Å². The number of carbonyl (C=O) groups excluding carboxylic acids is 2. The Morgan fingerprint density at radius 1 is 1.41 bits per heavy atom. The van der Waals surface area contributed by atoms with E-state index in [0.29, 0.717) is 43.2 Å². The Morgan fingerprint density at radius 3 is 2.84 bits per heavy atom. The third-order valence-electron chi connectivity index (χ3n) is 4.28. The maximum Gasteiger partial charge on any atom is 0.280 e. The predicted octanol–water partition coefficient (Wildman–Crippen LogP) is 2.25. The van der Waals surface area contributed by atoms with E-state index in [-0.39, 0.29) is 23.3 Å². The Balaban J connectivity index is 1.80. The fraction of sp³-hybridized carbons (Fsp3) is 0.368. The number of methoxy groups -OCH3 is 1. The number of aldehydes is 1. The molecule has 4 N–H and O–H groups in total. The van der Waals surface area contributed by atoms with Gasteiger partial charge in [-0.05, 0) is 12.1 Å². The van der Waals surface area contributed by atoms with Crippen molar-refractivity contribution in [3.05, 3.63) is 40.9 Å². The molecule has 1 aliphatic rings. The van der Waals surface area contributed by atoms with Gasteiger partial charge in [-0.3, -0.25) is 19.2 Å². The number of benzene rings is 1. The first-order valence-corrected chi connectivity index (χ1v) is 11.9. The summed E-state index contributed by atoms with van der Waals surface area (Å²) in [6.45, 7) is 1.11. The van der Waals surface area contributed by atoms with Crippen LogP contribution in [-0.4, -0.2) is 65.0 Å². The Hall–Kier alpha value is -2.39. The molecule has 11 nitrogen and oxygen atoms in total. The summed E-state index contributed by atoms with van der Waals surface area (Å²) in [7, 11) is -1.78. The van der Waals surface area contributed by atoms with Crippen molar-refractivity contribution in [2.75, 3.05) is 32.2 Å². The molecule has 0 spiro atoms. The van der Waals surface area contributed by atoms with Crippen LogP contribution in [0.3, 0.4) is 0 Å². The number of thiazole rings is 1. The first-order chi connectivity index (χ1) is 15.4. The average molecular weight is 485 g/mol. The SMILES string of the molecule is COCc1cnc(NC(=O)C(=NO[C@@H]2CCOC2)c2ccc(S(O)(O)NCC=O)cc2)s1. The molecule has 1 aromatic heterocycles. The van der Waals surface area contributed by atoms with Gasteiger partial charge in [0.25, 0.3) is 5.91 Å². The Labute approximate surface area is 190 Å². The van der Waals surface area contributed by atoms with Crippen LogP contribution in [0.2, 0.25) is 0 Å². The van der Waals surface area contributed by atoms with E-state index >= 15 is 0 Å². The normalized spacial score (nSPS) is 17.2. The monoisotopic (exact) mass is 484 g/mol. The van der Waals surface area contributed by atoms with Gasteiger partial charge < -0.3 is 19.1 Å². The Morgan fingerprint density at radius 2 is 2.19 bits per heavy atom. The number of hydrogen-bond donors (Lipinski definition) is 4. The Bertz CT molecular complexity index is 943. The fourth-order valence-electron chi connectivity index (χ4n) is 2.72. The van der Waals surface area contributed by atoms with Crippen molar-refractivity contribution in [2.45, 2.75) is 24.0 Å². The highest BCUT2D eigenvalue weighted by Crippen LogP contribution is 2.43. The molecule has 3 rings (SSSR count). The van der Waals surface area contributed by atoms with Gasteiger partial charge in [0.2, 0.25) is 0 Å². The van der Waals surface area contributed by atoms with Crippen molar-refractivity contribution < 1.29 is 33.0 Å². The van der Waals surface area contributed by atoms with Gasteiger partial charge in [0.1, 0.15) is 6.29 Å². The van der Waals surface area contributed by atoms with Crippen LogP contribution in [0.4, 0.5) is 5.13 Å². The van der Waals surface area contributed by atoms with Crippen LogP contribution in [-0.2, 0) is 30.5 Å². The number of ether oxygens (including phenoxy) is 2. The molecule has 0 radical (unpaired) electrons. The molecule has 1 fully saturated rings. The Kier molecular flexibility index (Phi) is 8.69. The summed E-state index contributed by atoms with van der Waals surface area (Å²) in [5.41, 5.74) is 0.383. The third kappa shape index (κ3) is 6.56. The maximum atomic E-state index is 12.9. The largest absolute Gasteiger partial charge is 0.389 e. The van der Waals surface area contributed by atoms with E-state index in [1.54, 1.807) is 13.3 Å². The van der Waals surface area contributed by atoms with Crippen molar-refractivity contribution in [3.63, 3.8) is 0 Å². The van der Waals surface area contributed by atoms with Crippen molar-refractivity contribution in [1.82, 2.24) is 9.71 Å². The zero-order chi connectivity index (χ0) is 23.0.